The minimum absolute atomic E-state index is 0.0705. The Labute approximate surface area is 154 Å². The Morgan fingerprint density at radius 2 is 2.04 bits per heavy atom. The van der Waals surface area contributed by atoms with Crippen molar-refractivity contribution < 1.29 is 19.2 Å². The Morgan fingerprint density at radius 1 is 1.26 bits per heavy atom. The Hall–Kier alpha value is -3.88. The second kappa shape index (κ2) is 8.99. The van der Waals surface area contributed by atoms with Gasteiger partial charge in [-0.05, 0) is 42.1 Å². The molecule has 0 spiro atoms. The van der Waals surface area contributed by atoms with Crippen LogP contribution in [0.3, 0.4) is 0 Å². The molecule has 1 aliphatic rings. The van der Waals surface area contributed by atoms with Gasteiger partial charge in [0.1, 0.15) is 11.8 Å². The lowest BCUT2D eigenvalue weighted by Crippen LogP contribution is -2.48. The number of hydrogen-bond acceptors (Lipinski definition) is 7. The predicted molar refractivity (Wildman–Crippen MR) is 97.6 cm³/mol. The number of Topliss-reactive ketones (excluding diaryl/α,β-unsaturated/α-hetero) is 1. The molecule has 1 unspecified atom stereocenters. The van der Waals surface area contributed by atoms with Gasteiger partial charge in [0.15, 0.2) is 11.6 Å². The quantitative estimate of drug-likeness (QED) is 0.420. The van der Waals surface area contributed by atoms with Gasteiger partial charge < -0.3 is 16.8 Å². The third kappa shape index (κ3) is 5.56. The highest BCUT2D eigenvalue weighted by Crippen LogP contribution is 2.14. The molecule has 2 rings (SSSR count). The summed E-state index contributed by atoms with van der Waals surface area (Å²) in [4.78, 5) is 55.2. The lowest BCUT2D eigenvalue weighted by atomic mass is 10.0. The monoisotopic (exact) mass is 367 g/mol. The van der Waals surface area contributed by atoms with Gasteiger partial charge in [0.25, 0.3) is 11.8 Å². The highest BCUT2D eigenvalue weighted by molar-refractivity contribution is 6.45. The molecule has 0 saturated carbocycles. The van der Waals surface area contributed by atoms with E-state index in [0.29, 0.717) is 5.57 Å². The Kier molecular flexibility index (Phi) is 6.48. The summed E-state index contributed by atoms with van der Waals surface area (Å²) in [6.07, 6.45) is 7.87. The zero-order chi connectivity index (χ0) is 19.8. The number of aromatic nitrogens is 1. The molecule has 0 bridgehead atoms. The molecule has 1 heterocycles. The molecule has 1 aromatic heterocycles. The van der Waals surface area contributed by atoms with Gasteiger partial charge in [-0.1, -0.05) is 12.1 Å². The maximum absolute atomic E-state index is 12.5. The summed E-state index contributed by atoms with van der Waals surface area (Å²) in [6, 6.07) is 3.69. The number of ketones is 2. The van der Waals surface area contributed by atoms with Crippen LogP contribution >= 0.6 is 0 Å². The van der Waals surface area contributed by atoms with E-state index in [1.54, 1.807) is 18.2 Å². The van der Waals surface area contributed by atoms with Crippen LogP contribution in [-0.4, -0.2) is 40.1 Å². The molecule has 1 aliphatic carbocycles. The molecule has 27 heavy (non-hydrogen) atoms. The number of aliphatic imine (C=N–C) groups is 1. The summed E-state index contributed by atoms with van der Waals surface area (Å²) in [7, 11) is 0. The topological polar surface area (TPSA) is 158 Å². The van der Waals surface area contributed by atoms with Crippen molar-refractivity contribution in [2.75, 3.05) is 0 Å². The number of primary amides is 1. The molecular weight excluding hydrogens is 350 g/mol. The summed E-state index contributed by atoms with van der Waals surface area (Å²) in [5, 5.41) is 2.40. The number of amides is 2. The third-order valence-corrected chi connectivity index (χ3v) is 3.46. The van der Waals surface area contributed by atoms with Crippen molar-refractivity contribution in [1.82, 2.24) is 10.3 Å². The second-order valence-corrected chi connectivity index (χ2v) is 5.46. The van der Waals surface area contributed by atoms with Gasteiger partial charge in [-0.2, -0.15) is 0 Å². The van der Waals surface area contributed by atoms with Gasteiger partial charge in [-0.3, -0.25) is 19.2 Å². The summed E-state index contributed by atoms with van der Waals surface area (Å²) < 4.78 is 0. The zero-order valence-electron chi connectivity index (χ0n) is 14.2. The van der Waals surface area contributed by atoms with Gasteiger partial charge in [0.2, 0.25) is 5.78 Å². The van der Waals surface area contributed by atoms with Crippen LogP contribution in [0.15, 0.2) is 65.5 Å². The SMILES string of the molecule is N/C=C\C(=N\c1ccccn1)C(=O)NC(CC1=CC(=O)C=C1)C(=O)C(N)=O. The first kappa shape index (κ1) is 19.4. The lowest BCUT2D eigenvalue weighted by molar-refractivity contribution is -0.137. The van der Waals surface area contributed by atoms with E-state index in [1.807, 2.05) is 0 Å². The van der Waals surface area contributed by atoms with Crippen molar-refractivity contribution in [2.24, 2.45) is 16.5 Å². The fourth-order valence-corrected chi connectivity index (χ4v) is 2.24. The number of pyridine rings is 1. The van der Waals surface area contributed by atoms with Crippen LogP contribution in [0.25, 0.3) is 0 Å². The maximum Gasteiger partial charge on any atom is 0.287 e. The van der Waals surface area contributed by atoms with Gasteiger partial charge >= 0.3 is 0 Å². The number of rotatable bonds is 8. The van der Waals surface area contributed by atoms with Crippen LogP contribution in [0.4, 0.5) is 5.82 Å². The number of nitrogens with two attached hydrogens (primary N) is 2. The first-order chi connectivity index (χ1) is 12.9. The van der Waals surface area contributed by atoms with Crippen molar-refractivity contribution in [3.8, 4) is 0 Å². The number of carbonyl (C=O) groups excluding carboxylic acids is 4. The summed E-state index contributed by atoms with van der Waals surface area (Å²) >= 11 is 0. The molecule has 138 valence electrons. The number of nitrogens with zero attached hydrogens (tertiary/aromatic N) is 2. The first-order valence-electron chi connectivity index (χ1n) is 7.86. The summed E-state index contributed by atoms with van der Waals surface area (Å²) in [6.45, 7) is 0. The summed E-state index contributed by atoms with van der Waals surface area (Å²) in [5.41, 5.74) is 10.8. The van der Waals surface area contributed by atoms with Crippen molar-refractivity contribution in [1.29, 1.82) is 0 Å². The highest BCUT2D eigenvalue weighted by atomic mass is 16.2. The lowest BCUT2D eigenvalue weighted by Gasteiger charge is -2.16. The van der Waals surface area contributed by atoms with Gasteiger partial charge in [0.05, 0.1) is 0 Å². The fourth-order valence-electron chi connectivity index (χ4n) is 2.24. The van der Waals surface area contributed by atoms with E-state index in [0.717, 1.165) is 6.20 Å². The fraction of sp³-hybridized carbons (Fsp3) is 0.111. The number of carbonyl (C=O) groups is 4. The molecule has 0 fully saturated rings. The molecule has 2 amide bonds. The minimum Gasteiger partial charge on any atom is -0.405 e. The molecular formula is C18H17N5O4. The zero-order valence-corrected chi connectivity index (χ0v) is 14.2. The minimum atomic E-state index is -1.25. The van der Waals surface area contributed by atoms with Crippen LogP contribution < -0.4 is 16.8 Å². The Balaban J connectivity index is 2.24. The van der Waals surface area contributed by atoms with Gasteiger partial charge in [0, 0.05) is 12.6 Å². The first-order valence-corrected chi connectivity index (χ1v) is 7.86. The Bertz CT molecular complexity index is 884. The van der Waals surface area contributed by atoms with E-state index < -0.39 is 23.6 Å². The number of allylic oxidation sites excluding steroid dienone is 3. The molecule has 9 heteroatoms. The van der Waals surface area contributed by atoms with E-state index >= 15 is 0 Å². The van der Waals surface area contributed by atoms with Crippen molar-refractivity contribution in [3.63, 3.8) is 0 Å². The van der Waals surface area contributed by atoms with Crippen molar-refractivity contribution >= 4 is 34.9 Å². The smallest absolute Gasteiger partial charge is 0.287 e. The average Bonchev–Trinajstić information content (AvgIpc) is 3.05. The van der Waals surface area contributed by atoms with Crippen LogP contribution in [0.1, 0.15) is 6.42 Å². The van der Waals surface area contributed by atoms with Gasteiger partial charge in [-0.25, -0.2) is 9.98 Å². The van der Waals surface area contributed by atoms with Gasteiger partial charge in [-0.15, -0.1) is 0 Å². The molecule has 0 radical (unpaired) electrons. The van der Waals surface area contributed by atoms with Crippen LogP contribution in [0.5, 0.6) is 0 Å². The molecule has 0 aromatic carbocycles. The molecule has 9 nitrogen and oxygen atoms in total. The number of hydrogen-bond donors (Lipinski definition) is 3. The highest BCUT2D eigenvalue weighted by Gasteiger charge is 2.27. The van der Waals surface area contributed by atoms with E-state index in [4.69, 9.17) is 11.5 Å². The van der Waals surface area contributed by atoms with E-state index in [-0.39, 0.29) is 23.7 Å². The van der Waals surface area contributed by atoms with Crippen LogP contribution in [0, 0.1) is 0 Å². The van der Waals surface area contributed by atoms with E-state index in [1.165, 1.54) is 30.5 Å². The average molecular weight is 367 g/mol. The predicted octanol–water partition coefficient (Wildman–Crippen LogP) is -0.379. The summed E-state index contributed by atoms with van der Waals surface area (Å²) in [5.74, 6) is -2.94. The van der Waals surface area contributed by atoms with Crippen molar-refractivity contribution in [2.45, 2.75) is 12.5 Å². The Morgan fingerprint density at radius 3 is 2.59 bits per heavy atom. The molecule has 5 N–H and O–H groups in total. The second-order valence-electron chi connectivity index (χ2n) is 5.46. The van der Waals surface area contributed by atoms with E-state index in [2.05, 4.69) is 15.3 Å². The molecule has 0 aliphatic heterocycles. The third-order valence-electron chi connectivity index (χ3n) is 3.46. The molecule has 0 saturated heterocycles. The molecule has 1 aromatic rings. The van der Waals surface area contributed by atoms with Crippen LogP contribution in [0.2, 0.25) is 0 Å². The van der Waals surface area contributed by atoms with Crippen molar-refractivity contribution in [3.05, 3.63) is 60.5 Å². The van der Waals surface area contributed by atoms with E-state index in [9.17, 15) is 19.2 Å². The standard InChI is InChI=1S/C18H17N5O4/c19-7-6-13(22-15-3-1-2-8-21-15)18(27)23-14(16(25)17(20)26)10-11-4-5-12(24)9-11/h1-9,14H,10,19H2,(H2,20,26)(H,23,27)/b7-6-,22-13-. The maximum atomic E-state index is 12.5. The molecule has 1 atom stereocenters. The largest absolute Gasteiger partial charge is 0.405 e. The number of nitrogens with one attached hydrogen (secondary N) is 1. The van der Waals surface area contributed by atoms with Crippen LogP contribution in [-0.2, 0) is 19.2 Å². The normalized spacial score (nSPS) is 14.9.